The van der Waals surface area contributed by atoms with Gasteiger partial charge in [-0.05, 0) is 17.7 Å². The molecule has 0 saturated heterocycles. The Kier molecular flexibility index (Phi) is 6.71. The molecule has 0 aliphatic rings. The molecule has 0 radical (unpaired) electrons. The number of ether oxygens (including phenoxy) is 2. The van der Waals surface area contributed by atoms with Crippen LogP contribution in [0.2, 0.25) is 0 Å². The van der Waals surface area contributed by atoms with Crippen LogP contribution in [0.25, 0.3) is 0 Å². The number of hydrogen-bond acceptors (Lipinski definition) is 7. The van der Waals surface area contributed by atoms with E-state index in [-0.39, 0.29) is 5.75 Å². The molecule has 0 fully saturated rings. The number of nitro groups is 1. The fourth-order valence-corrected chi connectivity index (χ4v) is 4.12. The van der Waals surface area contributed by atoms with E-state index in [0.717, 1.165) is 12.1 Å². The van der Waals surface area contributed by atoms with Crippen molar-refractivity contribution in [1.82, 2.24) is 4.72 Å². The zero-order chi connectivity index (χ0) is 20.9. The number of nitro benzene ring substituents is 1. The second-order valence-electron chi connectivity index (χ2n) is 5.91. The number of esters is 1. The van der Waals surface area contributed by atoms with E-state index in [1.165, 1.54) is 27.2 Å². The van der Waals surface area contributed by atoms with Crippen molar-refractivity contribution in [2.75, 3.05) is 14.2 Å². The Hall–Kier alpha value is -2.98. The first-order chi connectivity index (χ1) is 13.2. The summed E-state index contributed by atoms with van der Waals surface area (Å²) in [7, 11) is -1.84. The molecular weight excluding hydrogens is 388 g/mol. The van der Waals surface area contributed by atoms with Crippen LogP contribution in [0.5, 0.6) is 5.75 Å². The summed E-state index contributed by atoms with van der Waals surface area (Å²) in [5.41, 5.74) is -0.121. The summed E-state index contributed by atoms with van der Waals surface area (Å²) in [6.07, 6.45) is 0. The van der Waals surface area contributed by atoms with Crippen LogP contribution in [0.15, 0.2) is 53.4 Å². The topological polar surface area (TPSA) is 125 Å². The van der Waals surface area contributed by atoms with Crippen molar-refractivity contribution in [2.24, 2.45) is 5.92 Å². The van der Waals surface area contributed by atoms with Crippen LogP contribution in [0, 0.1) is 16.0 Å². The fourth-order valence-electron chi connectivity index (χ4n) is 2.67. The van der Waals surface area contributed by atoms with Gasteiger partial charge in [-0.3, -0.25) is 14.9 Å². The molecule has 0 saturated carbocycles. The van der Waals surface area contributed by atoms with Crippen molar-refractivity contribution in [3.8, 4) is 5.75 Å². The zero-order valence-corrected chi connectivity index (χ0v) is 16.3. The third-order valence-electron chi connectivity index (χ3n) is 4.17. The Bertz CT molecular complexity index is 961. The minimum absolute atomic E-state index is 0.146. The molecule has 2 aromatic rings. The van der Waals surface area contributed by atoms with Gasteiger partial charge in [0.1, 0.15) is 5.75 Å². The van der Waals surface area contributed by atoms with Crippen LogP contribution >= 0.6 is 0 Å². The fraction of sp³-hybridized carbons (Fsp3) is 0.278. The number of nitrogens with zero attached hydrogens (tertiary/aromatic N) is 1. The van der Waals surface area contributed by atoms with Gasteiger partial charge in [-0.1, -0.05) is 37.3 Å². The highest BCUT2D eigenvalue weighted by atomic mass is 32.2. The first-order valence-corrected chi connectivity index (χ1v) is 9.67. The summed E-state index contributed by atoms with van der Waals surface area (Å²) in [6.45, 7) is 1.51. The lowest BCUT2D eigenvalue weighted by Crippen LogP contribution is -2.36. The van der Waals surface area contributed by atoms with Crippen LogP contribution in [0.4, 0.5) is 5.69 Å². The molecule has 2 atom stereocenters. The molecule has 0 aliphatic heterocycles. The van der Waals surface area contributed by atoms with Crippen molar-refractivity contribution < 1.29 is 27.6 Å². The van der Waals surface area contributed by atoms with Gasteiger partial charge in [-0.25, -0.2) is 13.1 Å². The van der Waals surface area contributed by atoms with Gasteiger partial charge in [0, 0.05) is 0 Å². The van der Waals surface area contributed by atoms with E-state index in [2.05, 4.69) is 4.72 Å². The highest BCUT2D eigenvalue weighted by molar-refractivity contribution is 7.89. The van der Waals surface area contributed by atoms with Gasteiger partial charge in [-0.15, -0.1) is 0 Å². The predicted octanol–water partition coefficient (Wildman–Crippen LogP) is 2.43. The molecule has 0 bridgehead atoms. The van der Waals surface area contributed by atoms with Gasteiger partial charge in [0.05, 0.1) is 37.2 Å². The summed E-state index contributed by atoms with van der Waals surface area (Å²) in [6, 6.07) is 10.9. The number of rotatable bonds is 8. The Morgan fingerprint density at radius 2 is 1.79 bits per heavy atom. The van der Waals surface area contributed by atoms with E-state index in [1.807, 2.05) is 0 Å². The molecule has 0 heterocycles. The van der Waals surface area contributed by atoms with E-state index in [0.29, 0.717) is 5.56 Å². The average molecular weight is 408 g/mol. The molecule has 150 valence electrons. The minimum Gasteiger partial charge on any atom is -0.497 e. The Morgan fingerprint density at radius 3 is 2.32 bits per heavy atom. The highest BCUT2D eigenvalue weighted by Crippen LogP contribution is 2.31. The molecule has 0 amide bonds. The molecule has 0 aromatic heterocycles. The second kappa shape index (κ2) is 8.81. The lowest BCUT2D eigenvalue weighted by atomic mass is 9.95. The predicted molar refractivity (Wildman–Crippen MR) is 100 cm³/mol. The van der Waals surface area contributed by atoms with Gasteiger partial charge in [0.2, 0.25) is 10.0 Å². The maximum atomic E-state index is 12.9. The van der Waals surface area contributed by atoms with Gasteiger partial charge in [0.15, 0.2) is 4.90 Å². The molecule has 10 heteroatoms. The van der Waals surface area contributed by atoms with Gasteiger partial charge < -0.3 is 9.47 Å². The van der Waals surface area contributed by atoms with Crippen molar-refractivity contribution in [3.05, 3.63) is 64.2 Å². The molecular formula is C18H20N2O7S. The molecule has 2 aromatic carbocycles. The average Bonchev–Trinajstić information content (AvgIpc) is 2.70. The Labute approximate surface area is 162 Å². The van der Waals surface area contributed by atoms with Crippen LogP contribution < -0.4 is 9.46 Å². The number of carbonyl (C=O) groups excluding carboxylic acids is 1. The first kappa shape index (κ1) is 21.3. The van der Waals surface area contributed by atoms with E-state index in [9.17, 15) is 23.3 Å². The molecule has 0 aliphatic carbocycles. The molecule has 9 nitrogen and oxygen atoms in total. The largest absolute Gasteiger partial charge is 0.497 e. The summed E-state index contributed by atoms with van der Waals surface area (Å²) >= 11 is 0. The summed E-state index contributed by atoms with van der Waals surface area (Å²) < 4.78 is 38.0. The Balaban J connectivity index is 2.51. The van der Waals surface area contributed by atoms with Crippen molar-refractivity contribution in [1.29, 1.82) is 0 Å². The minimum atomic E-state index is -4.35. The normalized spacial score (nSPS) is 13.4. The maximum Gasteiger partial charge on any atom is 0.310 e. The van der Waals surface area contributed by atoms with E-state index >= 15 is 0 Å². The third-order valence-corrected chi connectivity index (χ3v) is 5.65. The zero-order valence-electron chi connectivity index (χ0n) is 15.5. The van der Waals surface area contributed by atoms with Crippen LogP contribution in [-0.4, -0.2) is 33.5 Å². The summed E-state index contributed by atoms with van der Waals surface area (Å²) in [5.74, 6) is -1.35. The van der Waals surface area contributed by atoms with Crippen molar-refractivity contribution in [2.45, 2.75) is 17.9 Å². The standard InChI is InChI=1S/C18H20N2O7S/c1-12(18(21)27-3)17(13-7-5-4-6-8-13)19-28(24,25)16-10-9-14(26-2)11-15(16)20(22)23/h4-12,17,19H,1-3H3. The van der Waals surface area contributed by atoms with E-state index < -0.39 is 43.5 Å². The van der Waals surface area contributed by atoms with Crippen molar-refractivity contribution >= 4 is 21.7 Å². The molecule has 2 unspecified atom stereocenters. The van der Waals surface area contributed by atoms with E-state index in [4.69, 9.17) is 9.47 Å². The SMILES string of the molecule is COC(=O)C(C)C(NS(=O)(=O)c1ccc(OC)cc1[N+](=O)[O-])c1ccccc1. The molecule has 0 spiro atoms. The molecule has 28 heavy (non-hydrogen) atoms. The monoisotopic (exact) mass is 408 g/mol. The first-order valence-electron chi connectivity index (χ1n) is 8.18. The smallest absolute Gasteiger partial charge is 0.310 e. The lowest BCUT2D eigenvalue weighted by molar-refractivity contribution is -0.387. The van der Waals surface area contributed by atoms with Gasteiger partial charge in [-0.2, -0.15) is 0 Å². The number of methoxy groups -OCH3 is 2. The van der Waals surface area contributed by atoms with Crippen LogP contribution in [0.1, 0.15) is 18.5 Å². The summed E-state index contributed by atoms with van der Waals surface area (Å²) in [5, 5.41) is 11.4. The highest BCUT2D eigenvalue weighted by Gasteiger charge is 2.34. The van der Waals surface area contributed by atoms with Crippen molar-refractivity contribution in [3.63, 3.8) is 0 Å². The number of nitrogens with one attached hydrogen (secondary N) is 1. The lowest BCUT2D eigenvalue weighted by Gasteiger charge is -2.23. The molecule has 1 N–H and O–H groups in total. The molecule has 2 rings (SSSR count). The maximum absolute atomic E-state index is 12.9. The van der Waals surface area contributed by atoms with Gasteiger partial charge in [0.25, 0.3) is 5.69 Å². The third kappa shape index (κ3) is 4.65. The quantitative estimate of drug-likeness (QED) is 0.404. The van der Waals surface area contributed by atoms with E-state index in [1.54, 1.807) is 30.3 Å². The number of sulfonamides is 1. The van der Waals surface area contributed by atoms with Crippen LogP contribution in [0.3, 0.4) is 0 Å². The summed E-state index contributed by atoms with van der Waals surface area (Å²) in [4.78, 5) is 22.1. The Morgan fingerprint density at radius 1 is 1.14 bits per heavy atom. The number of benzene rings is 2. The number of carbonyl (C=O) groups is 1. The number of hydrogen-bond donors (Lipinski definition) is 1. The van der Waals surface area contributed by atoms with Gasteiger partial charge >= 0.3 is 5.97 Å². The second-order valence-corrected chi connectivity index (χ2v) is 7.59. The van der Waals surface area contributed by atoms with Crippen LogP contribution in [-0.2, 0) is 19.6 Å².